The summed E-state index contributed by atoms with van der Waals surface area (Å²) in [5, 5.41) is 0. The normalized spacial score (nSPS) is 33.8. The van der Waals surface area contributed by atoms with Gasteiger partial charge in [-0.15, -0.1) is 13.2 Å². The molecule has 0 radical (unpaired) electrons. The summed E-state index contributed by atoms with van der Waals surface area (Å²) in [6, 6.07) is 0. The summed E-state index contributed by atoms with van der Waals surface area (Å²) in [4.78, 5) is 0. The molecule has 0 aromatic carbocycles. The Morgan fingerprint density at radius 3 is 2.25 bits per heavy atom. The highest BCUT2D eigenvalue weighted by Crippen LogP contribution is 2.39. The van der Waals surface area contributed by atoms with E-state index in [0.717, 1.165) is 12.3 Å². The summed E-state index contributed by atoms with van der Waals surface area (Å²) in [5.74, 6) is 2.16. The minimum absolute atomic E-state index is 0. The van der Waals surface area contributed by atoms with Crippen LogP contribution in [0.1, 0.15) is 19.3 Å². The molecule has 0 heterocycles. The maximum Gasteiger partial charge on any atom is 0.0884 e. The van der Waals surface area contributed by atoms with Gasteiger partial charge in [0, 0.05) is 5.92 Å². The SMILES string of the molecule is C=CC1CC(C=C)C(C[CH2+])C1.[CH3-]. The minimum atomic E-state index is 0. The Kier molecular flexibility index (Phi) is 4.80. The molecule has 0 spiro atoms. The predicted molar refractivity (Wildman–Crippen MR) is 56.5 cm³/mol. The van der Waals surface area contributed by atoms with E-state index >= 15 is 0 Å². The number of allylic oxidation sites excluding steroid dienone is 2. The van der Waals surface area contributed by atoms with Crippen LogP contribution in [0.5, 0.6) is 0 Å². The van der Waals surface area contributed by atoms with Gasteiger partial charge in [-0.25, -0.2) is 0 Å². The zero-order valence-corrected chi connectivity index (χ0v) is 8.13. The molecule has 0 aliphatic heterocycles. The average Bonchev–Trinajstić information content (AvgIpc) is 2.46. The Balaban J connectivity index is 0.00000121. The quantitative estimate of drug-likeness (QED) is 0.441. The highest BCUT2D eigenvalue weighted by molar-refractivity contribution is 4.97. The third-order valence-corrected chi connectivity index (χ3v) is 2.79. The van der Waals surface area contributed by atoms with Crippen molar-refractivity contribution >= 4 is 0 Å². The summed E-state index contributed by atoms with van der Waals surface area (Å²) >= 11 is 0. The third-order valence-electron chi connectivity index (χ3n) is 2.79. The first-order valence-corrected chi connectivity index (χ1v) is 4.36. The van der Waals surface area contributed by atoms with E-state index in [1.54, 1.807) is 0 Å². The first-order chi connectivity index (χ1) is 5.31. The topological polar surface area (TPSA) is 0 Å². The van der Waals surface area contributed by atoms with E-state index < -0.39 is 0 Å². The van der Waals surface area contributed by atoms with Crippen LogP contribution in [-0.2, 0) is 0 Å². The fraction of sp³-hybridized carbons (Fsp3) is 0.500. The van der Waals surface area contributed by atoms with Crippen molar-refractivity contribution in [2.75, 3.05) is 0 Å². The van der Waals surface area contributed by atoms with Crippen LogP contribution in [0.4, 0.5) is 0 Å². The summed E-state index contributed by atoms with van der Waals surface area (Å²) < 4.78 is 0. The standard InChI is InChI=1S/C11H17.CH3/c1-4-9-7-10(5-2)11(6-3)8-9;/h4-5,9-11H,1-3,6-8H2;1H3/q+1;-1. The van der Waals surface area contributed by atoms with Crippen molar-refractivity contribution in [1.82, 2.24) is 0 Å². The van der Waals surface area contributed by atoms with Crippen molar-refractivity contribution in [3.63, 3.8) is 0 Å². The van der Waals surface area contributed by atoms with Crippen molar-refractivity contribution in [2.45, 2.75) is 19.3 Å². The Hall–Kier alpha value is -0.650. The smallest absolute Gasteiger partial charge is 0.0884 e. The highest BCUT2D eigenvalue weighted by Gasteiger charge is 2.30. The lowest BCUT2D eigenvalue weighted by Gasteiger charge is -2.08. The molecule has 1 aliphatic carbocycles. The molecule has 0 heteroatoms. The molecule has 0 saturated heterocycles. The Morgan fingerprint density at radius 1 is 1.25 bits per heavy atom. The molecular weight excluding hydrogens is 144 g/mol. The summed E-state index contributed by atoms with van der Waals surface area (Å²) in [5.41, 5.74) is 0. The first kappa shape index (κ1) is 11.4. The molecule has 1 aliphatic rings. The molecule has 1 rings (SSSR count). The van der Waals surface area contributed by atoms with Gasteiger partial charge in [-0.1, -0.05) is 12.2 Å². The predicted octanol–water partition coefficient (Wildman–Crippen LogP) is 3.68. The van der Waals surface area contributed by atoms with Crippen molar-refractivity contribution in [1.29, 1.82) is 0 Å². The minimum Gasteiger partial charge on any atom is -0.358 e. The molecule has 68 valence electrons. The van der Waals surface area contributed by atoms with Crippen LogP contribution in [0, 0.1) is 32.1 Å². The van der Waals surface area contributed by atoms with E-state index in [0.29, 0.717) is 11.8 Å². The van der Waals surface area contributed by atoms with Crippen LogP contribution in [0.2, 0.25) is 0 Å². The van der Waals surface area contributed by atoms with E-state index in [2.05, 4.69) is 32.2 Å². The molecule has 0 aromatic rings. The van der Waals surface area contributed by atoms with Gasteiger partial charge in [-0.05, 0) is 24.7 Å². The van der Waals surface area contributed by atoms with Gasteiger partial charge in [0.25, 0.3) is 0 Å². The van der Waals surface area contributed by atoms with Gasteiger partial charge in [0.2, 0.25) is 0 Å². The molecule has 1 fully saturated rings. The van der Waals surface area contributed by atoms with Gasteiger partial charge in [-0.2, -0.15) is 0 Å². The fourth-order valence-electron chi connectivity index (χ4n) is 2.01. The maximum absolute atomic E-state index is 3.95. The zero-order valence-electron chi connectivity index (χ0n) is 8.13. The van der Waals surface area contributed by atoms with Gasteiger partial charge in [0.1, 0.15) is 0 Å². The molecule has 1 saturated carbocycles. The summed E-state index contributed by atoms with van der Waals surface area (Å²) in [6.45, 7) is 11.6. The third kappa shape index (κ3) is 2.17. The monoisotopic (exact) mass is 164 g/mol. The van der Waals surface area contributed by atoms with Crippen molar-refractivity contribution in [3.05, 3.63) is 39.7 Å². The summed E-state index contributed by atoms with van der Waals surface area (Å²) in [6.07, 6.45) is 7.71. The Bertz CT molecular complexity index is 146. The van der Waals surface area contributed by atoms with Crippen LogP contribution >= 0.6 is 0 Å². The van der Waals surface area contributed by atoms with Crippen LogP contribution in [0.15, 0.2) is 25.3 Å². The number of hydrogen-bond donors (Lipinski definition) is 0. The Morgan fingerprint density at radius 2 is 1.92 bits per heavy atom. The van der Waals surface area contributed by atoms with E-state index in [-0.39, 0.29) is 7.43 Å². The zero-order chi connectivity index (χ0) is 8.27. The average molecular weight is 164 g/mol. The highest BCUT2D eigenvalue weighted by atomic mass is 14.3. The molecule has 0 nitrogen and oxygen atoms in total. The van der Waals surface area contributed by atoms with Gasteiger partial charge < -0.3 is 7.43 Å². The van der Waals surface area contributed by atoms with Crippen LogP contribution in [0.25, 0.3) is 0 Å². The van der Waals surface area contributed by atoms with Crippen LogP contribution < -0.4 is 0 Å². The molecule has 0 aromatic heterocycles. The molecule has 0 N–H and O–H groups in total. The van der Waals surface area contributed by atoms with Crippen LogP contribution in [0.3, 0.4) is 0 Å². The molecular formula is C12H20. The molecule has 0 amide bonds. The van der Waals surface area contributed by atoms with E-state index in [4.69, 9.17) is 0 Å². The van der Waals surface area contributed by atoms with Crippen molar-refractivity contribution in [3.8, 4) is 0 Å². The largest absolute Gasteiger partial charge is 0.358 e. The van der Waals surface area contributed by atoms with E-state index in [1.807, 2.05) is 0 Å². The molecule has 3 atom stereocenters. The van der Waals surface area contributed by atoms with Gasteiger partial charge in [-0.3, -0.25) is 0 Å². The van der Waals surface area contributed by atoms with E-state index in [9.17, 15) is 0 Å². The lowest BCUT2D eigenvalue weighted by molar-refractivity contribution is 0.462. The van der Waals surface area contributed by atoms with Gasteiger partial charge in [0.05, 0.1) is 13.3 Å². The van der Waals surface area contributed by atoms with Crippen LogP contribution in [-0.4, -0.2) is 0 Å². The lowest BCUT2D eigenvalue weighted by atomic mass is 9.94. The lowest BCUT2D eigenvalue weighted by Crippen LogP contribution is -2.02. The van der Waals surface area contributed by atoms with Crippen molar-refractivity contribution in [2.24, 2.45) is 17.8 Å². The fourth-order valence-corrected chi connectivity index (χ4v) is 2.01. The first-order valence-electron chi connectivity index (χ1n) is 4.36. The number of rotatable bonds is 3. The summed E-state index contributed by atoms with van der Waals surface area (Å²) in [7, 11) is 0. The molecule has 12 heavy (non-hydrogen) atoms. The number of hydrogen-bond acceptors (Lipinski definition) is 0. The van der Waals surface area contributed by atoms with Crippen molar-refractivity contribution < 1.29 is 0 Å². The molecule has 3 unspecified atom stereocenters. The second kappa shape index (κ2) is 5.08. The maximum atomic E-state index is 3.95. The van der Waals surface area contributed by atoms with E-state index in [1.165, 1.54) is 12.8 Å². The molecule has 0 bridgehead atoms. The Labute approximate surface area is 77.4 Å². The van der Waals surface area contributed by atoms with Gasteiger partial charge in [0.15, 0.2) is 0 Å². The second-order valence-corrected chi connectivity index (χ2v) is 3.42. The second-order valence-electron chi connectivity index (χ2n) is 3.42. The van der Waals surface area contributed by atoms with Gasteiger partial charge >= 0.3 is 0 Å².